The van der Waals surface area contributed by atoms with Gasteiger partial charge >= 0.3 is 0 Å². The second kappa shape index (κ2) is 6.71. The lowest BCUT2D eigenvalue weighted by molar-refractivity contribution is 0.192. The first kappa shape index (κ1) is 14.1. The van der Waals surface area contributed by atoms with Crippen molar-refractivity contribution in [1.82, 2.24) is 10.3 Å². The van der Waals surface area contributed by atoms with Gasteiger partial charge < -0.3 is 10.1 Å². The highest BCUT2D eigenvalue weighted by molar-refractivity contribution is 5.24. The van der Waals surface area contributed by atoms with Gasteiger partial charge in [0, 0.05) is 18.3 Å². The maximum absolute atomic E-state index is 5.86. The first-order valence-corrected chi connectivity index (χ1v) is 7.09. The summed E-state index contributed by atoms with van der Waals surface area (Å²) in [6.45, 7) is 5.95. The molecule has 0 aromatic carbocycles. The van der Waals surface area contributed by atoms with E-state index in [9.17, 15) is 0 Å². The van der Waals surface area contributed by atoms with Crippen LogP contribution < -0.4 is 10.1 Å². The van der Waals surface area contributed by atoms with Crippen LogP contribution in [0.15, 0.2) is 24.3 Å². The van der Waals surface area contributed by atoms with E-state index < -0.39 is 0 Å². The number of rotatable bonds is 5. The van der Waals surface area contributed by atoms with E-state index in [2.05, 4.69) is 35.4 Å². The van der Waals surface area contributed by atoms with Gasteiger partial charge in [-0.25, -0.2) is 4.98 Å². The molecule has 0 spiro atoms. The monoisotopic (exact) mass is 260 g/mol. The van der Waals surface area contributed by atoms with Gasteiger partial charge in [-0.2, -0.15) is 0 Å². The molecule has 0 saturated heterocycles. The summed E-state index contributed by atoms with van der Waals surface area (Å²) in [6.07, 6.45) is 6.83. The molecule has 1 aliphatic carbocycles. The Morgan fingerprint density at radius 1 is 1.32 bits per heavy atom. The molecule has 0 fully saturated rings. The molecule has 1 aliphatic rings. The minimum Gasteiger partial charge on any atom is -0.477 e. The van der Waals surface area contributed by atoms with Gasteiger partial charge in [0.1, 0.15) is 0 Å². The van der Waals surface area contributed by atoms with Gasteiger partial charge in [0.25, 0.3) is 0 Å². The lowest BCUT2D eigenvalue weighted by Gasteiger charge is -2.25. The first-order valence-electron chi connectivity index (χ1n) is 7.09. The maximum atomic E-state index is 5.86. The zero-order valence-corrected chi connectivity index (χ0v) is 12.1. The van der Waals surface area contributed by atoms with Gasteiger partial charge in [0.15, 0.2) is 0 Å². The fraction of sp³-hybridized carbons (Fsp3) is 0.562. The molecule has 1 aromatic rings. The van der Waals surface area contributed by atoms with Crippen molar-refractivity contribution in [3.63, 3.8) is 0 Å². The molecule has 2 unspecified atom stereocenters. The first-order chi connectivity index (χ1) is 9.20. The van der Waals surface area contributed by atoms with Crippen molar-refractivity contribution < 1.29 is 4.74 Å². The summed E-state index contributed by atoms with van der Waals surface area (Å²) in [4.78, 5) is 4.52. The van der Waals surface area contributed by atoms with Crippen molar-refractivity contribution in [2.45, 2.75) is 33.2 Å². The molecular formula is C16H24N2O. The fourth-order valence-electron chi connectivity index (χ4n) is 2.46. The highest BCUT2D eigenvalue weighted by Crippen LogP contribution is 2.25. The smallest absolute Gasteiger partial charge is 0.213 e. The Bertz CT molecular complexity index is 442. The summed E-state index contributed by atoms with van der Waals surface area (Å²) < 4.78 is 5.86. The average Bonchev–Trinajstić information content (AvgIpc) is 2.41. The van der Waals surface area contributed by atoms with Crippen LogP contribution in [0.1, 0.15) is 31.0 Å². The van der Waals surface area contributed by atoms with Gasteiger partial charge in [-0.3, -0.25) is 0 Å². The minimum atomic E-state index is 0.615. The van der Waals surface area contributed by atoms with Crippen LogP contribution in [0.3, 0.4) is 0 Å². The number of nitrogens with zero attached hydrogens (tertiary/aromatic N) is 1. The van der Waals surface area contributed by atoms with Crippen molar-refractivity contribution in [3.05, 3.63) is 35.5 Å². The Balaban J connectivity index is 1.92. The molecule has 1 N–H and O–H groups in total. The second-order valence-electron chi connectivity index (χ2n) is 5.42. The fourth-order valence-corrected chi connectivity index (χ4v) is 2.46. The third-order valence-electron chi connectivity index (χ3n) is 3.90. The number of nitrogens with one attached hydrogen (secondary N) is 1. The van der Waals surface area contributed by atoms with Crippen LogP contribution >= 0.6 is 0 Å². The van der Waals surface area contributed by atoms with E-state index in [1.54, 1.807) is 0 Å². The van der Waals surface area contributed by atoms with Gasteiger partial charge in [0.2, 0.25) is 5.88 Å². The Hall–Kier alpha value is -1.35. The number of hydrogen-bond acceptors (Lipinski definition) is 3. The lowest BCUT2D eigenvalue weighted by atomic mass is 9.85. The molecule has 0 radical (unpaired) electrons. The van der Waals surface area contributed by atoms with E-state index in [0.29, 0.717) is 11.8 Å². The Kier molecular flexibility index (Phi) is 4.97. The Labute approximate surface area is 116 Å². The molecule has 1 heterocycles. The third kappa shape index (κ3) is 3.80. The summed E-state index contributed by atoms with van der Waals surface area (Å²) in [6, 6.07) is 4.07. The van der Waals surface area contributed by atoms with Crippen LogP contribution in [0.4, 0.5) is 0 Å². The highest BCUT2D eigenvalue weighted by Gasteiger charge is 2.19. The van der Waals surface area contributed by atoms with Crippen LogP contribution in [-0.2, 0) is 6.54 Å². The zero-order chi connectivity index (χ0) is 13.7. The third-order valence-corrected chi connectivity index (χ3v) is 3.90. The maximum Gasteiger partial charge on any atom is 0.213 e. The predicted molar refractivity (Wildman–Crippen MR) is 78.3 cm³/mol. The zero-order valence-electron chi connectivity index (χ0n) is 12.1. The molecule has 0 bridgehead atoms. The SMILES string of the molecule is CNCc1ccc(OCC2CC=CCC2C)nc1C. The van der Waals surface area contributed by atoms with Crippen molar-refractivity contribution in [2.75, 3.05) is 13.7 Å². The van der Waals surface area contributed by atoms with Gasteiger partial charge in [-0.05, 0) is 44.2 Å². The van der Waals surface area contributed by atoms with Crippen molar-refractivity contribution >= 4 is 0 Å². The normalized spacial score (nSPS) is 22.5. The molecule has 0 aliphatic heterocycles. The number of pyridine rings is 1. The minimum absolute atomic E-state index is 0.615. The van der Waals surface area contributed by atoms with Crippen LogP contribution in [0.25, 0.3) is 0 Å². The molecule has 2 atom stereocenters. The summed E-state index contributed by atoms with van der Waals surface area (Å²) in [7, 11) is 1.95. The number of ether oxygens (including phenoxy) is 1. The second-order valence-corrected chi connectivity index (χ2v) is 5.42. The van der Waals surface area contributed by atoms with Gasteiger partial charge in [-0.15, -0.1) is 0 Å². The topological polar surface area (TPSA) is 34.1 Å². The van der Waals surface area contributed by atoms with Gasteiger partial charge in [-0.1, -0.05) is 25.1 Å². The van der Waals surface area contributed by atoms with E-state index in [1.165, 1.54) is 12.0 Å². The molecule has 0 amide bonds. The number of aryl methyl sites for hydroxylation is 1. The molecular weight excluding hydrogens is 236 g/mol. The van der Waals surface area contributed by atoms with Gasteiger partial charge in [0.05, 0.1) is 6.61 Å². The Morgan fingerprint density at radius 2 is 2.11 bits per heavy atom. The number of aromatic nitrogens is 1. The van der Waals surface area contributed by atoms with E-state index in [1.807, 2.05) is 20.0 Å². The molecule has 0 saturated carbocycles. The summed E-state index contributed by atoms with van der Waals surface area (Å²) in [5.41, 5.74) is 2.27. The summed E-state index contributed by atoms with van der Waals surface area (Å²) in [5.74, 6) is 2.07. The molecule has 1 aromatic heterocycles. The molecule has 104 valence electrons. The quantitative estimate of drug-likeness (QED) is 0.826. The van der Waals surface area contributed by atoms with E-state index >= 15 is 0 Å². The van der Waals surface area contributed by atoms with Crippen molar-refractivity contribution in [3.8, 4) is 5.88 Å². The van der Waals surface area contributed by atoms with Crippen LogP contribution in [-0.4, -0.2) is 18.6 Å². The highest BCUT2D eigenvalue weighted by atomic mass is 16.5. The summed E-state index contributed by atoms with van der Waals surface area (Å²) >= 11 is 0. The number of hydrogen-bond donors (Lipinski definition) is 1. The molecule has 3 heteroatoms. The lowest BCUT2D eigenvalue weighted by Crippen LogP contribution is -2.21. The Morgan fingerprint density at radius 3 is 2.79 bits per heavy atom. The average molecular weight is 260 g/mol. The van der Waals surface area contributed by atoms with Crippen LogP contribution in [0.5, 0.6) is 5.88 Å². The molecule has 3 nitrogen and oxygen atoms in total. The van der Waals surface area contributed by atoms with E-state index in [-0.39, 0.29) is 0 Å². The van der Waals surface area contributed by atoms with E-state index in [4.69, 9.17) is 4.74 Å². The largest absolute Gasteiger partial charge is 0.477 e. The summed E-state index contributed by atoms with van der Waals surface area (Å²) in [5, 5.41) is 3.15. The standard InChI is InChI=1S/C16H24N2O/c1-12-6-4-5-7-15(12)11-19-16-9-8-14(10-17-3)13(2)18-16/h4-5,8-9,12,15,17H,6-7,10-11H2,1-3H3. The predicted octanol–water partition coefficient (Wildman–Crippen LogP) is 3.09. The van der Waals surface area contributed by atoms with Crippen LogP contribution in [0, 0.1) is 18.8 Å². The number of allylic oxidation sites excluding steroid dienone is 2. The molecule has 2 rings (SSSR count). The van der Waals surface area contributed by atoms with Crippen LogP contribution in [0.2, 0.25) is 0 Å². The van der Waals surface area contributed by atoms with E-state index in [0.717, 1.165) is 31.1 Å². The molecule has 19 heavy (non-hydrogen) atoms. The van der Waals surface area contributed by atoms with Crippen molar-refractivity contribution in [2.24, 2.45) is 11.8 Å². The van der Waals surface area contributed by atoms with Crippen molar-refractivity contribution in [1.29, 1.82) is 0 Å².